The Morgan fingerprint density at radius 2 is 1.96 bits per heavy atom. The van der Waals surface area contributed by atoms with Gasteiger partial charge in [0, 0.05) is 24.4 Å². The molecule has 0 bridgehead atoms. The Labute approximate surface area is 170 Å². The third kappa shape index (κ3) is 2.85. The van der Waals surface area contributed by atoms with Crippen LogP contribution in [0.2, 0.25) is 10.4 Å². The number of H-pyrrole nitrogens is 1. The zero-order valence-corrected chi connectivity index (χ0v) is 16.7. The van der Waals surface area contributed by atoms with Crippen molar-refractivity contribution in [1.82, 2.24) is 19.5 Å². The molecule has 1 aliphatic heterocycles. The van der Waals surface area contributed by atoms with Crippen LogP contribution in [-0.2, 0) is 9.47 Å². The Bertz CT molecular complexity index is 1110. The van der Waals surface area contributed by atoms with E-state index in [2.05, 4.69) is 15.0 Å². The second-order valence-corrected chi connectivity index (χ2v) is 8.40. The van der Waals surface area contributed by atoms with Crippen LogP contribution in [0.5, 0.6) is 0 Å². The maximum absolute atomic E-state index is 11.5. The number of ether oxygens (including phenoxy) is 2. The Kier molecular flexibility index (Phi) is 4.07. The van der Waals surface area contributed by atoms with Crippen molar-refractivity contribution in [2.45, 2.75) is 50.2 Å². The normalized spacial score (nSPS) is 28.7. The number of hydrogen-bond acceptors (Lipinski definition) is 5. The van der Waals surface area contributed by atoms with Gasteiger partial charge in [0.15, 0.2) is 5.79 Å². The number of pyridine rings is 1. The lowest BCUT2D eigenvalue weighted by atomic mass is 9.97. The van der Waals surface area contributed by atoms with Crippen molar-refractivity contribution in [3.8, 4) is 0 Å². The van der Waals surface area contributed by atoms with E-state index in [0.29, 0.717) is 10.8 Å². The van der Waals surface area contributed by atoms with Crippen LogP contribution >= 0.6 is 23.2 Å². The van der Waals surface area contributed by atoms with Crippen LogP contribution in [0, 0.1) is 0 Å². The van der Waals surface area contributed by atoms with Crippen LogP contribution < -0.4 is 5.56 Å². The molecule has 3 aromatic heterocycles. The van der Waals surface area contributed by atoms with Crippen LogP contribution in [0.15, 0.2) is 35.4 Å². The summed E-state index contributed by atoms with van der Waals surface area (Å²) >= 11 is 12.3. The van der Waals surface area contributed by atoms with E-state index in [4.69, 9.17) is 32.7 Å². The van der Waals surface area contributed by atoms with E-state index < -0.39 is 5.79 Å². The summed E-state index contributed by atoms with van der Waals surface area (Å²) in [5.41, 5.74) is 1.56. The molecule has 1 unspecified atom stereocenters. The molecule has 0 aromatic carbocycles. The van der Waals surface area contributed by atoms with Gasteiger partial charge in [-0.3, -0.25) is 4.79 Å². The highest BCUT2D eigenvalue weighted by atomic mass is 35.5. The van der Waals surface area contributed by atoms with Crippen LogP contribution in [0.4, 0.5) is 0 Å². The molecule has 0 radical (unpaired) electrons. The molecule has 7 nitrogen and oxygen atoms in total. The SMILES string of the molecule is CC1(C)O[C@@H]2[C@@H](c3ccc(=O)[nH]c3)CC(n3ccc4c(Cl)nc(Cl)nc43)[C@@H]2O1. The van der Waals surface area contributed by atoms with E-state index in [0.717, 1.165) is 17.4 Å². The van der Waals surface area contributed by atoms with Gasteiger partial charge in [-0.1, -0.05) is 17.7 Å². The van der Waals surface area contributed by atoms with Gasteiger partial charge in [-0.2, -0.15) is 4.98 Å². The van der Waals surface area contributed by atoms with E-state index in [1.807, 2.05) is 36.7 Å². The molecular weight excluding hydrogens is 403 g/mol. The largest absolute Gasteiger partial charge is 0.344 e. The van der Waals surface area contributed by atoms with Crippen molar-refractivity contribution < 1.29 is 9.47 Å². The Balaban J connectivity index is 1.60. The highest BCUT2D eigenvalue weighted by molar-refractivity contribution is 6.35. The van der Waals surface area contributed by atoms with Gasteiger partial charge in [0.2, 0.25) is 10.8 Å². The molecule has 3 aromatic rings. The van der Waals surface area contributed by atoms with Gasteiger partial charge < -0.3 is 19.0 Å². The first-order chi connectivity index (χ1) is 13.3. The van der Waals surface area contributed by atoms with Crippen molar-refractivity contribution in [1.29, 1.82) is 0 Å². The van der Waals surface area contributed by atoms with Crippen molar-refractivity contribution in [3.63, 3.8) is 0 Å². The third-order valence-electron chi connectivity index (χ3n) is 5.53. The highest BCUT2D eigenvalue weighted by Crippen LogP contribution is 2.51. The lowest BCUT2D eigenvalue weighted by molar-refractivity contribution is -0.157. The molecular formula is C19H18Cl2N4O3. The highest BCUT2D eigenvalue weighted by Gasteiger charge is 2.55. The number of aromatic amines is 1. The summed E-state index contributed by atoms with van der Waals surface area (Å²) < 4.78 is 14.6. The number of hydrogen-bond donors (Lipinski definition) is 1. The van der Waals surface area contributed by atoms with Gasteiger partial charge in [0.1, 0.15) is 16.9 Å². The van der Waals surface area contributed by atoms with Gasteiger partial charge in [0.25, 0.3) is 0 Å². The molecule has 1 saturated heterocycles. The molecule has 9 heteroatoms. The van der Waals surface area contributed by atoms with E-state index >= 15 is 0 Å². The Hall–Kier alpha value is -1.93. The van der Waals surface area contributed by atoms with E-state index in [9.17, 15) is 4.79 Å². The average molecular weight is 421 g/mol. The summed E-state index contributed by atoms with van der Waals surface area (Å²) in [6.07, 6.45) is 4.14. The molecule has 5 rings (SSSR count). The molecule has 146 valence electrons. The van der Waals surface area contributed by atoms with Crippen LogP contribution in [0.3, 0.4) is 0 Å². The zero-order chi connectivity index (χ0) is 19.6. The van der Waals surface area contributed by atoms with Gasteiger partial charge in [-0.25, -0.2) is 4.98 Å². The minimum Gasteiger partial charge on any atom is -0.344 e. The van der Waals surface area contributed by atoms with E-state index in [1.54, 1.807) is 6.20 Å². The van der Waals surface area contributed by atoms with Gasteiger partial charge in [-0.05, 0) is 43.5 Å². The summed E-state index contributed by atoms with van der Waals surface area (Å²) in [4.78, 5) is 22.6. The predicted octanol–water partition coefficient (Wildman–Crippen LogP) is 3.68. The lowest BCUT2D eigenvalue weighted by Gasteiger charge is -2.24. The van der Waals surface area contributed by atoms with Crippen LogP contribution in [-0.4, -0.2) is 37.5 Å². The molecule has 2 aliphatic rings. The molecule has 1 N–H and O–H groups in total. The van der Waals surface area contributed by atoms with Gasteiger partial charge >= 0.3 is 0 Å². The summed E-state index contributed by atoms with van der Waals surface area (Å²) in [5.74, 6) is -0.624. The Morgan fingerprint density at radius 1 is 1.18 bits per heavy atom. The minimum atomic E-state index is -0.693. The average Bonchev–Trinajstić information content (AvgIpc) is 3.26. The fraction of sp³-hybridized carbons (Fsp3) is 0.421. The summed E-state index contributed by atoms with van der Waals surface area (Å²) in [5, 5.41) is 1.17. The van der Waals surface area contributed by atoms with Crippen molar-refractivity contribution in [2.75, 3.05) is 0 Å². The number of fused-ring (bicyclic) bond motifs is 2. The molecule has 1 aliphatic carbocycles. The lowest BCUT2D eigenvalue weighted by Crippen LogP contribution is -2.27. The first-order valence-electron chi connectivity index (χ1n) is 9.06. The molecule has 4 atom stereocenters. The molecule has 4 heterocycles. The smallest absolute Gasteiger partial charge is 0.247 e. The standard InChI is InChI=1S/C19H18Cl2N4O3/c1-19(2)27-14-11(9-3-4-13(26)22-8-9)7-12(15(14)28-19)25-6-5-10-16(20)23-18(21)24-17(10)25/h3-6,8,11-12,14-15H,7H2,1-2H3,(H,22,26)/t11-,12?,14-,15+/m1/s1. The van der Waals surface area contributed by atoms with Crippen LogP contribution in [0.25, 0.3) is 11.0 Å². The van der Waals surface area contributed by atoms with Crippen molar-refractivity contribution >= 4 is 34.2 Å². The molecule has 1 saturated carbocycles. The number of nitrogens with one attached hydrogen (secondary N) is 1. The maximum Gasteiger partial charge on any atom is 0.247 e. The molecule has 2 fully saturated rings. The molecule has 28 heavy (non-hydrogen) atoms. The summed E-state index contributed by atoms with van der Waals surface area (Å²) in [6.45, 7) is 3.83. The fourth-order valence-corrected chi connectivity index (χ4v) is 4.88. The van der Waals surface area contributed by atoms with E-state index in [-0.39, 0.29) is 35.0 Å². The first-order valence-corrected chi connectivity index (χ1v) is 9.82. The number of rotatable bonds is 2. The topological polar surface area (TPSA) is 82.0 Å². The maximum atomic E-state index is 11.5. The van der Waals surface area contributed by atoms with Crippen LogP contribution in [0.1, 0.15) is 37.8 Å². The fourth-order valence-electron chi connectivity index (χ4n) is 4.44. The monoisotopic (exact) mass is 420 g/mol. The number of aromatic nitrogens is 4. The third-order valence-corrected chi connectivity index (χ3v) is 5.98. The number of nitrogens with zero attached hydrogens (tertiary/aromatic N) is 3. The Morgan fingerprint density at radius 3 is 2.71 bits per heavy atom. The summed E-state index contributed by atoms with van der Waals surface area (Å²) in [7, 11) is 0. The minimum absolute atomic E-state index is 0.0248. The van der Waals surface area contributed by atoms with Crippen molar-refractivity contribution in [3.05, 3.63) is 56.9 Å². The molecule has 0 spiro atoms. The first kappa shape index (κ1) is 18.1. The predicted molar refractivity (Wildman–Crippen MR) is 105 cm³/mol. The van der Waals surface area contributed by atoms with Gasteiger partial charge in [-0.15, -0.1) is 0 Å². The van der Waals surface area contributed by atoms with E-state index in [1.165, 1.54) is 6.07 Å². The quantitative estimate of drug-likeness (QED) is 0.504. The summed E-state index contributed by atoms with van der Waals surface area (Å²) in [6, 6.07) is 5.25. The zero-order valence-electron chi connectivity index (χ0n) is 15.2. The van der Waals surface area contributed by atoms with Gasteiger partial charge in [0.05, 0.1) is 17.5 Å². The number of halogens is 2. The molecule has 0 amide bonds. The second-order valence-electron chi connectivity index (χ2n) is 7.70. The van der Waals surface area contributed by atoms with Crippen molar-refractivity contribution in [2.24, 2.45) is 0 Å². The second kappa shape index (κ2) is 6.29.